The molecule has 2 aliphatic carbocycles. The molecular weight excluding hydrogens is 1050 g/mol. The predicted octanol–water partition coefficient (Wildman–Crippen LogP) is 14.6. The van der Waals surface area contributed by atoms with Crippen molar-refractivity contribution in [1.82, 2.24) is 0 Å². The van der Waals surface area contributed by atoms with Crippen LogP contribution < -0.4 is 18.9 Å². The zero-order valence-corrected chi connectivity index (χ0v) is 47.7. The molecule has 6 rings (SSSR count). The van der Waals surface area contributed by atoms with E-state index in [1.165, 1.54) is 50.7 Å². The number of hydrogen-bond acceptors (Lipinski definition) is 16. The summed E-state index contributed by atoms with van der Waals surface area (Å²) in [5, 5.41) is 19.4. The SMILES string of the molecule is C=CCCCCCCCCC(=O)OCCc1ccc(OC(=O)[C@H]2CC[C@H](C(=O)Oc3ccc(OC(=O)[C@H]4CC[C@H](C(=O)Oc5ccc(CCOC(=O)CCCCCCCCC=C)cc5)CC4)c4c3SC(=C(C#N)C#N)S4)CC2)cc1. The molecule has 426 valence electrons. The second-order valence-corrected chi connectivity index (χ2v) is 23.0. The number of carbonyl (C=O) groups excluding carboxylic acids is 6. The molecule has 3 aliphatic rings. The van der Waals surface area contributed by atoms with Gasteiger partial charge in [0.15, 0.2) is 0 Å². The number of fused-ring (bicyclic) bond motifs is 1. The van der Waals surface area contributed by atoms with Crippen molar-refractivity contribution < 1.29 is 57.2 Å². The second kappa shape index (κ2) is 34.5. The summed E-state index contributed by atoms with van der Waals surface area (Å²) in [5.41, 5.74) is 1.77. The van der Waals surface area contributed by atoms with Gasteiger partial charge in [0, 0.05) is 25.7 Å². The van der Waals surface area contributed by atoms with Crippen molar-refractivity contribution in [3.63, 3.8) is 0 Å². The zero-order chi connectivity index (χ0) is 56.9. The third-order valence-electron chi connectivity index (χ3n) is 14.7. The first-order valence-electron chi connectivity index (χ1n) is 28.6. The molecule has 2 fully saturated rings. The molecule has 0 unspecified atom stereocenters. The summed E-state index contributed by atoms with van der Waals surface area (Å²) in [6.07, 6.45) is 24.2. The monoisotopic (exact) mass is 1130 g/mol. The standard InChI is InChI=1S/C64H76N2O12S2/c1-3-5-7-9-11-13-15-17-19-56(67)73-41-39-45-21-33-52(34-22-45)75-60(69)47-25-29-49(30-26-47)62(71)77-54-37-38-55(59-58(54)79-64(80-59)51(43-65)44-66)78-63(72)50-31-27-48(28-32-50)61(70)76-53-35-23-46(24-36-53)40-42-74-57(68)20-18-16-14-12-10-8-6-4-2/h3-4,21-24,33-38,47-50H,1-2,5-20,25-32,39-42H2/t47-,48-,49-,50-. The smallest absolute Gasteiger partial charge is 0.314 e. The Kier molecular flexibility index (Phi) is 27.0. The molecule has 1 aliphatic heterocycles. The van der Waals surface area contributed by atoms with Gasteiger partial charge in [0.25, 0.3) is 0 Å². The van der Waals surface area contributed by atoms with Gasteiger partial charge in [-0.15, -0.1) is 13.2 Å². The summed E-state index contributed by atoms with van der Waals surface area (Å²) in [6.45, 7) is 8.06. The van der Waals surface area contributed by atoms with Crippen LogP contribution in [0.3, 0.4) is 0 Å². The highest BCUT2D eigenvalue weighted by Crippen LogP contribution is 2.59. The summed E-state index contributed by atoms with van der Waals surface area (Å²) >= 11 is 2.18. The molecule has 0 N–H and O–H groups in total. The molecule has 0 aromatic heterocycles. The van der Waals surface area contributed by atoms with E-state index >= 15 is 0 Å². The van der Waals surface area contributed by atoms with Gasteiger partial charge in [-0.2, -0.15) is 10.5 Å². The highest BCUT2D eigenvalue weighted by Gasteiger charge is 2.37. The number of carbonyl (C=O) groups is 6. The Bertz CT molecular complexity index is 2510. The quantitative estimate of drug-likeness (QED) is 0.0187. The van der Waals surface area contributed by atoms with Gasteiger partial charge in [0.2, 0.25) is 0 Å². The fraction of sp³-hybridized carbons (Fsp3) is 0.500. The molecule has 16 heteroatoms. The first-order valence-corrected chi connectivity index (χ1v) is 30.3. The molecule has 3 aromatic rings. The molecule has 0 amide bonds. The van der Waals surface area contributed by atoms with Crippen LogP contribution in [0.25, 0.3) is 0 Å². The second-order valence-electron chi connectivity index (χ2n) is 20.7. The molecule has 80 heavy (non-hydrogen) atoms. The minimum Gasteiger partial charge on any atom is -0.465 e. The van der Waals surface area contributed by atoms with Crippen LogP contribution in [0.5, 0.6) is 23.0 Å². The first kappa shape index (κ1) is 62.6. The summed E-state index contributed by atoms with van der Waals surface area (Å²) in [5.74, 6) is -2.66. The van der Waals surface area contributed by atoms with Gasteiger partial charge in [0.05, 0.1) is 50.9 Å². The highest BCUT2D eigenvalue weighted by atomic mass is 32.2. The molecule has 0 radical (unpaired) electrons. The molecule has 0 saturated heterocycles. The number of thioether (sulfide) groups is 2. The number of esters is 6. The van der Waals surface area contributed by atoms with Crippen molar-refractivity contribution in [1.29, 1.82) is 10.5 Å². The van der Waals surface area contributed by atoms with E-state index in [-0.39, 0.29) is 54.2 Å². The van der Waals surface area contributed by atoms with E-state index in [9.17, 15) is 39.3 Å². The van der Waals surface area contributed by atoms with E-state index in [0.29, 0.717) is 103 Å². The van der Waals surface area contributed by atoms with Crippen molar-refractivity contribution in [2.45, 2.75) is 177 Å². The maximum Gasteiger partial charge on any atom is 0.314 e. The number of allylic oxidation sites excluding steroid dienone is 3. The van der Waals surface area contributed by atoms with Gasteiger partial charge in [-0.05, 0) is 137 Å². The Morgan fingerprint density at radius 1 is 0.463 bits per heavy atom. The topological polar surface area (TPSA) is 205 Å². The highest BCUT2D eigenvalue weighted by molar-refractivity contribution is 8.24. The average Bonchev–Trinajstić information content (AvgIpc) is 3.95. The molecule has 0 atom stereocenters. The van der Waals surface area contributed by atoms with Crippen molar-refractivity contribution >= 4 is 59.3 Å². The summed E-state index contributed by atoms with van der Waals surface area (Å²) in [6, 6.07) is 21.2. The van der Waals surface area contributed by atoms with Gasteiger partial charge in [-0.3, -0.25) is 28.8 Å². The van der Waals surface area contributed by atoms with E-state index in [2.05, 4.69) is 13.2 Å². The maximum atomic E-state index is 13.7. The van der Waals surface area contributed by atoms with Crippen LogP contribution >= 0.6 is 23.5 Å². The Hall–Kier alpha value is -6.62. The lowest BCUT2D eigenvalue weighted by molar-refractivity contribution is -0.145. The Morgan fingerprint density at radius 3 is 1.12 bits per heavy atom. The molecule has 14 nitrogen and oxygen atoms in total. The molecule has 0 bridgehead atoms. The Labute approximate surface area is 480 Å². The number of nitrogens with zero attached hydrogens (tertiary/aromatic N) is 2. The Balaban J connectivity index is 0.902. The maximum absolute atomic E-state index is 13.7. The number of hydrogen-bond donors (Lipinski definition) is 0. The third-order valence-corrected chi connectivity index (χ3v) is 17.4. The number of ether oxygens (including phenoxy) is 6. The minimum absolute atomic E-state index is 0.131. The van der Waals surface area contributed by atoms with Crippen molar-refractivity contribution in [3.8, 4) is 35.1 Å². The molecule has 3 aromatic carbocycles. The van der Waals surface area contributed by atoms with Gasteiger partial charge in [-0.1, -0.05) is 111 Å². The summed E-state index contributed by atoms with van der Waals surface area (Å²) < 4.78 is 34.6. The zero-order valence-electron chi connectivity index (χ0n) is 46.1. The van der Waals surface area contributed by atoms with Gasteiger partial charge in [-0.25, -0.2) is 0 Å². The van der Waals surface area contributed by atoms with E-state index in [4.69, 9.17) is 28.4 Å². The van der Waals surface area contributed by atoms with Gasteiger partial charge < -0.3 is 28.4 Å². The largest absolute Gasteiger partial charge is 0.465 e. The lowest BCUT2D eigenvalue weighted by Gasteiger charge is -2.26. The number of unbranched alkanes of at least 4 members (excludes halogenated alkanes) is 12. The van der Waals surface area contributed by atoms with Gasteiger partial charge in [0.1, 0.15) is 40.7 Å². The van der Waals surface area contributed by atoms with E-state index in [1.54, 1.807) is 24.3 Å². The minimum atomic E-state index is -0.490. The van der Waals surface area contributed by atoms with E-state index in [0.717, 1.165) is 86.0 Å². The fourth-order valence-corrected chi connectivity index (χ4v) is 12.4. The predicted molar refractivity (Wildman–Crippen MR) is 306 cm³/mol. The number of rotatable bonds is 32. The van der Waals surface area contributed by atoms with Crippen LogP contribution in [-0.4, -0.2) is 49.0 Å². The van der Waals surface area contributed by atoms with Crippen molar-refractivity contribution in [2.75, 3.05) is 13.2 Å². The number of benzene rings is 3. The van der Waals surface area contributed by atoms with Gasteiger partial charge >= 0.3 is 35.8 Å². The van der Waals surface area contributed by atoms with Crippen LogP contribution in [0.2, 0.25) is 0 Å². The van der Waals surface area contributed by atoms with Crippen LogP contribution in [0.1, 0.15) is 165 Å². The fourth-order valence-electron chi connectivity index (χ4n) is 9.91. The van der Waals surface area contributed by atoms with Crippen molar-refractivity contribution in [3.05, 3.63) is 107 Å². The Morgan fingerprint density at radius 2 is 0.787 bits per heavy atom. The van der Waals surface area contributed by atoms with E-state index < -0.39 is 35.6 Å². The number of nitriles is 2. The molecule has 1 heterocycles. The first-order chi connectivity index (χ1) is 39.0. The van der Waals surface area contributed by atoms with E-state index in [1.807, 2.05) is 48.6 Å². The van der Waals surface area contributed by atoms with Crippen molar-refractivity contribution in [2.24, 2.45) is 23.7 Å². The molecule has 2 saturated carbocycles. The average molecular weight is 1130 g/mol. The lowest BCUT2D eigenvalue weighted by Crippen LogP contribution is -2.30. The van der Waals surface area contributed by atoms with Crippen LogP contribution in [0.15, 0.2) is 106 Å². The lowest BCUT2D eigenvalue weighted by atomic mass is 9.82. The van der Waals surface area contributed by atoms with Crippen LogP contribution in [0, 0.1) is 46.3 Å². The normalized spacial score (nSPS) is 17.4. The molecule has 0 spiro atoms. The van der Waals surface area contributed by atoms with Crippen LogP contribution in [0.4, 0.5) is 0 Å². The van der Waals surface area contributed by atoms with Crippen LogP contribution in [-0.2, 0) is 51.1 Å². The third kappa shape index (κ3) is 20.8. The molecular formula is C64H76N2O12S2. The summed E-state index contributed by atoms with van der Waals surface area (Å²) in [7, 11) is 0. The summed E-state index contributed by atoms with van der Waals surface area (Å²) in [4.78, 5) is 78.9.